The summed E-state index contributed by atoms with van der Waals surface area (Å²) < 4.78 is 16.5. The van der Waals surface area contributed by atoms with Crippen LogP contribution in [0.2, 0.25) is 0 Å². The van der Waals surface area contributed by atoms with Crippen LogP contribution in [0.5, 0.6) is 0 Å². The predicted molar refractivity (Wildman–Crippen MR) is 111 cm³/mol. The third kappa shape index (κ3) is 5.65. The van der Waals surface area contributed by atoms with Crippen LogP contribution in [0.15, 0.2) is 23.4 Å². The van der Waals surface area contributed by atoms with Gasteiger partial charge in [0.2, 0.25) is 5.91 Å². The van der Waals surface area contributed by atoms with Crippen molar-refractivity contribution in [3.05, 3.63) is 41.0 Å². The fourth-order valence-electron chi connectivity index (χ4n) is 3.72. The highest BCUT2D eigenvalue weighted by Gasteiger charge is 2.22. The van der Waals surface area contributed by atoms with Crippen LogP contribution in [0.4, 0.5) is 4.39 Å². The number of hydrogen-bond acceptors (Lipinski definition) is 5. The molecule has 8 heteroatoms. The summed E-state index contributed by atoms with van der Waals surface area (Å²) in [6, 6.07) is 4.94. The van der Waals surface area contributed by atoms with Gasteiger partial charge < -0.3 is 9.88 Å². The summed E-state index contributed by atoms with van der Waals surface area (Å²) in [5, 5.41) is 11.9. The number of nitrogens with zero attached hydrogens (tertiary/aromatic N) is 3. The van der Waals surface area contributed by atoms with Gasteiger partial charge in [-0.05, 0) is 37.8 Å². The first-order valence-corrected chi connectivity index (χ1v) is 11.0. The van der Waals surface area contributed by atoms with Crippen molar-refractivity contribution in [1.29, 1.82) is 0 Å². The summed E-state index contributed by atoms with van der Waals surface area (Å²) in [6.45, 7) is 3.74. The minimum atomic E-state index is -0.424. The van der Waals surface area contributed by atoms with Gasteiger partial charge in [-0.1, -0.05) is 43.2 Å². The smallest absolute Gasteiger partial charge is 0.216 e. The molecular weight excluding hydrogens is 391 g/mol. The summed E-state index contributed by atoms with van der Waals surface area (Å²) in [5.41, 5.74) is 0.828. The van der Waals surface area contributed by atoms with E-state index in [1.165, 1.54) is 44.0 Å². The summed E-state index contributed by atoms with van der Waals surface area (Å²) >= 11 is 1.36. The Hall–Kier alpha value is -2.22. The molecule has 0 bridgehead atoms. The monoisotopic (exact) mass is 418 g/mol. The van der Waals surface area contributed by atoms with Gasteiger partial charge in [-0.25, -0.2) is 4.39 Å². The average Bonchev–Trinajstić information content (AvgIpc) is 3.08. The van der Waals surface area contributed by atoms with Crippen LogP contribution in [0.1, 0.15) is 66.8 Å². The normalized spacial score (nSPS) is 14.7. The SMILES string of the molecule is CC(=O)NCCc1ccc(C(=O)CSc2nnc(C)n2C2CCCCC2)cc1F. The van der Waals surface area contributed by atoms with Gasteiger partial charge in [0.25, 0.3) is 0 Å². The first-order chi connectivity index (χ1) is 14.0. The molecule has 29 heavy (non-hydrogen) atoms. The number of carbonyl (C=O) groups excluding carboxylic acids is 2. The van der Waals surface area contributed by atoms with E-state index in [-0.39, 0.29) is 17.4 Å². The number of aryl methyl sites for hydroxylation is 1. The van der Waals surface area contributed by atoms with E-state index in [0.717, 1.165) is 23.8 Å². The third-order valence-electron chi connectivity index (χ3n) is 5.25. The number of benzene rings is 1. The number of aromatic nitrogens is 3. The van der Waals surface area contributed by atoms with Crippen molar-refractivity contribution in [2.24, 2.45) is 0 Å². The molecule has 1 heterocycles. The molecule has 1 aromatic heterocycles. The zero-order chi connectivity index (χ0) is 20.8. The molecule has 6 nitrogen and oxygen atoms in total. The van der Waals surface area contributed by atoms with Crippen molar-refractivity contribution in [2.45, 2.75) is 63.6 Å². The largest absolute Gasteiger partial charge is 0.356 e. The molecular formula is C21H27FN4O2S. The van der Waals surface area contributed by atoms with E-state index in [0.29, 0.717) is 30.1 Å². The first kappa shape index (κ1) is 21.5. The number of amides is 1. The molecule has 1 N–H and O–H groups in total. The Kier molecular flexibility index (Phi) is 7.41. The van der Waals surface area contributed by atoms with Crippen molar-refractivity contribution in [1.82, 2.24) is 20.1 Å². The van der Waals surface area contributed by atoms with E-state index in [1.807, 2.05) is 6.92 Å². The molecule has 0 unspecified atom stereocenters. The van der Waals surface area contributed by atoms with E-state index < -0.39 is 5.82 Å². The van der Waals surface area contributed by atoms with Gasteiger partial charge in [-0.3, -0.25) is 9.59 Å². The Labute approximate surface area is 174 Å². The minimum Gasteiger partial charge on any atom is -0.356 e. The predicted octanol–water partition coefficient (Wildman–Crippen LogP) is 3.88. The lowest BCUT2D eigenvalue weighted by Gasteiger charge is -2.24. The molecule has 1 fully saturated rings. The number of rotatable bonds is 8. The molecule has 0 spiro atoms. The maximum atomic E-state index is 14.3. The molecule has 1 aromatic carbocycles. The van der Waals surface area contributed by atoms with Gasteiger partial charge in [0.15, 0.2) is 10.9 Å². The molecule has 0 atom stereocenters. The zero-order valence-electron chi connectivity index (χ0n) is 16.9. The van der Waals surface area contributed by atoms with E-state index in [2.05, 4.69) is 20.1 Å². The Morgan fingerprint density at radius 3 is 2.69 bits per heavy atom. The lowest BCUT2D eigenvalue weighted by Crippen LogP contribution is -2.22. The highest BCUT2D eigenvalue weighted by atomic mass is 32.2. The van der Waals surface area contributed by atoms with Crippen molar-refractivity contribution >= 4 is 23.5 Å². The standard InChI is InChI=1S/C21H27FN4O2S/c1-14-24-25-21(26(14)18-6-4-3-5-7-18)29-13-20(28)17-9-8-16(19(22)12-17)10-11-23-15(2)27/h8-9,12,18H,3-7,10-11,13H2,1-2H3,(H,23,27). The van der Waals surface area contributed by atoms with Crippen molar-refractivity contribution < 1.29 is 14.0 Å². The molecule has 1 aliphatic rings. The van der Waals surface area contributed by atoms with Gasteiger partial charge >= 0.3 is 0 Å². The molecule has 1 saturated carbocycles. The van der Waals surface area contributed by atoms with Crippen LogP contribution in [-0.2, 0) is 11.2 Å². The number of halogens is 1. The molecule has 2 aromatic rings. The van der Waals surface area contributed by atoms with Crippen LogP contribution >= 0.6 is 11.8 Å². The first-order valence-electron chi connectivity index (χ1n) is 10.1. The molecule has 156 valence electrons. The molecule has 0 radical (unpaired) electrons. The fraction of sp³-hybridized carbons (Fsp3) is 0.524. The number of Topliss-reactive ketones (excluding diaryl/α,β-unsaturated/α-hetero) is 1. The lowest BCUT2D eigenvalue weighted by molar-refractivity contribution is -0.118. The average molecular weight is 419 g/mol. The van der Waals surface area contributed by atoms with Crippen LogP contribution < -0.4 is 5.32 Å². The van der Waals surface area contributed by atoms with Crippen molar-refractivity contribution in [3.8, 4) is 0 Å². The Morgan fingerprint density at radius 1 is 1.24 bits per heavy atom. The fourth-order valence-corrected chi connectivity index (χ4v) is 4.66. The second kappa shape index (κ2) is 10.0. The highest BCUT2D eigenvalue weighted by molar-refractivity contribution is 7.99. The maximum absolute atomic E-state index is 14.3. The van der Waals surface area contributed by atoms with Crippen molar-refractivity contribution in [3.63, 3.8) is 0 Å². The second-order valence-electron chi connectivity index (χ2n) is 7.44. The quantitative estimate of drug-likeness (QED) is 0.520. The highest BCUT2D eigenvalue weighted by Crippen LogP contribution is 2.32. The minimum absolute atomic E-state index is 0.141. The molecule has 1 aliphatic carbocycles. The summed E-state index contributed by atoms with van der Waals surface area (Å²) in [7, 11) is 0. The van der Waals surface area contributed by atoms with Gasteiger partial charge in [-0.15, -0.1) is 10.2 Å². The van der Waals surface area contributed by atoms with E-state index in [4.69, 9.17) is 0 Å². The summed E-state index contributed by atoms with van der Waals surface area (Å²) in [6.07, 6.45) is 6.30. The van der Waals surface area contributed by atoms with Gasteiger partial charge in [0.1, 0.15) is 11.6 Å². The van der Waals surface area contributed by atoms with E-state index >= 15 is 0 Å². The molecule has 0 aliphatic heterocycles. The Balaban J connectivity index is 1.61. The maximum Gasteiger partial charge on any atom is 0.216 e. The number of carbonyl (C=O) groups is 2. The lowest BCUT2D eigenvalue weighted by atomic mass is 9.95. The third-order valence-corrected chi connectivity index (χ3v) is 6.19. The summed E-state index contributed by atoms with van der Waals surface area (Å²) in [5.74, 6) is 0.354. The topological polar surface area (TPSA) is 76.9 Å². The number of hydrogen-bond donors (Lipinski definition) is 1. The molecule has 1 amide bonds. The van der Waals surface area contributed by atoms with Crippen molar-refractivity contribution in [2.75, 3.05) is 12.3 Å². The summed E-state index contributed by atoms with van der Waals surface area (Å²) in [4.78, 5) is 23.5. The van der Waals surface area contributed by atoms with Gasteiger partial charge in [0.05, 0.1) is 5.75 Å². The number of ketones is 1. The second-order valence-corrected chi connectivity index (χ2v) is 8.39. The number of thioether (sulfide) groups is 1. The molecule has 0 saturated heterocycles. The number of nitrogens with one attached hydrogen (secondary N) is 1. The van der Waals surface area contributed by atoms with E-state index in [9.17, 15) is 14.0 Å². The molecule has 3 rings (SSSR count). The zero-order valence-corrected chi connectivity index (χ0v) is 17.7. The van der Waals surface area contributed by atoms with Crippen LogP contribution in [0, 0.1) is 12.7 Å². The van der Waals surface area contributed by atoms with E-state index in [1.54, 1.807) is 12.1 Å². The van der Waals surface area contributed by atoms with Gasteiger partial charge in [0, 0.05) is 25.1 Å². The van der Waals surface area contributed by atoms with Crippen LogP contribution in [0.3, 0.4) is 0 Å². The van der Waals surface area contributed by atoms with Gasteiger partial charge in [-0.2, -0.15) is 0 Å². The van der Waals surface area contributed by atoms with Crippen LogP contribution in [0.25, 0.3) is 0 Å². The Bertz CT molecular complexity index is 878. The van der Waals surface area contributed by atoms with Crippen LogP contribution in [-0.4, -0.2) is 38.8 Å². The Morgan fingerprint density at radius 2 is 2.00 bits per heavy atom.